The molecule has 16 heavy (non-hydrogen) atoms. The molecule has 0 aromatic heterocycles. The molecule has 3 atom stereocenters. The SMILES string of the molecule is CCC1CCCC(NCC2CCCS2)CC1. The van der Waals surface area contributed by atoms with Gasteiger partial charge in [0.2, 0.25) is 0 Å². The molecule has 0 amide bonds. The lowest BCUT2D eigenvalue weighted by Gasteiger charge is -2.19. The molecule has 0 bridgehead atoms. The van der Waals surface area contributed by atoms with Gasteiger partial charge >= 0.3 is 0 Å². The fraction of sp³-hybridized carbons (Fsp3) is 1.00. The van der Waals surface area contributed by atoms with Crippen molar-refractivity contribution in [2.75, 3.05) is 12.3 Å². The van der Waals surface area contributed by atoms with E-state index >= 15 is 0 Å². The lowest BCUT2D eigenvalue weighted by molar-refractivity contribution is 0.425. The van der Waals surface area contributed by atoms with E-state index in [9.17, 15) is 0 Å². The number of thioether (sulfide) groups is 1. The van der Waals surface area contributed by atoms with Crippen molar-refractivity contribution < 1.29 is 0 Å². The second-order valence-corrected chi connectivity index (χ2v) is 6.93. The molecule has 1 N–H and O–H groups in total. The molecule has 1 heterocycles. The van der Waals surface area contributed by atoms with Gasteiger partial charge in [0.1, 0.15) is 0 Å². The first kappa shape index (κ1) is 12.8. The molecule has 2 heteroatoms. The van der Waals surface area contributed by atoms with Gasteiger partial charge in [-0.05, 0) is 43.8 Å². The summed E-state index contributed by atoms with van der Waals surface area (Å²) in [5.74, 6) is 2.42. The van der Waals surface area contributed by atoms with Gasteiger partial charge < -0.3 is 5.32 Å². The zero-order valence-electron chi connectivity index (χ0n) is 10.7. The fourth-order valence-corrected chi connectivity index (χ4v) is 4.31. The molecule has 2 rings (SSSR count). The second-order valence-electron chi connectivity index (χ2n) is 5.52. The molecule has 0 aromatic carbocycles. The first-order valence-corrected chi connectivity index (χ1v) is 8.28. The third-order valence-corrected chi connectivity index (χ3v) is 5.72. The molecule has 94 valence electrons. The lowest BCUT2D eigenvalue weighted by atomic mass is 9.98. The van der Waals surface area contributed by atoms with Crippen molar-refractivity contribution in [1.29, 1.82) is 0 Å². The highest BCUT2D eigenvalue weighted by atomic mass is 32.2. The third-order valence-electron chi connectivity index (χ3n) is 4.32. The molecule has 0 aromatic rings. The number of hydrogen-bond acceptors (Lipinski definition) is 2. The summed E-state index contributed by atoms with van der Waals surface area (Å²) in [5, 5.41) is 4.75. The normalized spacial score (nSPS) is 36.2. The van der Waals surface area contributed by atoms with Gasteiger partial charge in [0.15, 0.2) is 0 Å². The molecule has 1 saturated heterocycles. The van der Waals surface area contributed by atoms with Crippen molar-refractivity contribution in [1.82, 2.24) is 5.32 Å². The summed E-state index contributed by atoms with van der Waals surface area (Å²) in [6.45, 7) is 3.62. The van der Waals surface area contributed by atoms with Crippen molar-refractivity contribution in [3.05, 3.63) is 0 Å². The maximum atomic E-state index is 3.83. The average Bonchev–Trinajstić information content (AvgIpc) is 2.72. The topological polar surface area (TPSA) is 12.0 Å². The monoisotopic (exact) mass is 241 g/mol. The Balaban J connectivity index is 1.65. The summed E-state index contributed by atoms with van der Waals surface area (Å²) in [6, 6.07) is 0.831. The van der Waals surface area contributed by atoms with Crippen LogP contribution in [0.15, 0.2) is 0 Å². The Morgan fingerprint density at radius 3 is 2.75 bits per heavy atom. The van der Waals surface area contributed by atoms with Crippen LogP contribution in [0.2, 0.25) is 0 Å². The minimum Gasteiger partial charge on any atom is -0.313 e. The molecule has 2 aliphatic rings. The van der Waals surface area contributed by atoms with Gasteiger partial charge in [-0.15, -0.1) is 0 Å². The van der Waals surface area contributed by atoms with Crippen molar-refractivity contribution in [3.8, 4) is 0 Å². The maximum Gasteiger partial charge on any atom is 0.0172 e. The number of hydrogen-bond donors (Lipinski definition) is 1. The molecule has 1 aliphatic heterocycles. The van der Waals surface area contributed by atoms with E-state index in [-0.39, 0.29) is 0 Å². The van der Waals surface area contributed by atoms with Gasteiger partial charge in [0, 0.05) is 17.8 Å². The van der Waals surface area contributed by atoms with Gasteiger partial charge in [0.05, 0.1) is 0 Å². The van der Waals surface area contributed by atoms with E-state index in [0.29, 0.717) is 0 Å². The molecule has 1 nitrogen and oxygen atoms in total. The predicted octanol–water partition coefficient (Wildman–Crippen LogP) is 3.83. The van der Waals surface area contributed by atoms with Crippen LogP contribution < -0.4 is 5.32 Å². The quantitative estimate of drug-likeness (QED) is 0.751. The minimum absolute atomic E-state index is 0.831. The first-order chi connectivity index (χ1) is 7.88. The highest BCUT2D eigenvalue weighted by molar-refractivity contribution is 8.00. The van der Waals surface area contributed by atoms with Gasteiger partial charge in [-0.2, -0.15) is 11.8 Å². The Kier molecular flexibility index (Phi) is 5.51. The molecular weight excluding hydrogens is 214 g/mol. The van der Waals surface area contributed by atoms with Crippen LogP contribution in [0.25, 0.3) is 0 Å². The van der Waals surface area contributed by atoms with E-state index < -0.39 is 0 Å². The zero-order valence-corrected chi connectivity index (χ0v) is 11.5. The van der Waals surface area contributed by atoms with E-state index in [2.05, 4.69) is 24.0 Å². The van der Waals surface area contributed by atoms with Crippen LogP contribution in [0.3, 0.4) is 0 Å². The summed E-state index contributed by atoms with van der Waals surface area (Å²) in [7, 11) is 0. The van der Waals surface area contributed by atoms with Crippen LogP contribution in [0.5, 0.6) is 0 Å². The predicted molar refractivity (Wildman–Crippen MR) is 74.1 cm³/mol. The molecular formula is C14H27NS. The van der Waals surface area contributed by atoms with Crippen LogP contribution in [0.1, 0.15) is 58.3 Å². The fourth-order valence-electron chi connectivity index (χ4n) is 3.09. The Morgan fingerprint density at radius 1 is 1.06 bits per heavy atom. The van der Waals surface area contributed by atoms with Crippen molar-refractivity contribution in [3.63, 3.8) is 0 Å². The van der Waals surface area contributed by atoms with Crippen LogP contribution >= 0.6 is 11.8 Å². The summed E-state index contributed by atoms with van der Waals surface area (Å²) >= 11 is 2.18. The van der Waals surface area contributed by atoms with E-state index in [1.807, 2.05) is 0 Å². The molecule has 0 spiro atoms. The minimum atomic E-state index is 0.831. The van der Waals surface area contributed by atoms with E-state index in [4.69, 9.17) is 0 Å². The van der Waals surface area contributed by atoms with E-state index in [1.54, 1.807) is 0 Å². The Labute approximate surface area is 105 Å². The van der Waals surface area contributed by atoms with Crippen molar-refractivity contribution >= 4 is 11.8 Å². The summed E-state index contributed by atoms with van der Waals surface area (Å²) in [4.78, 5) is 0. The van der Waals surface area contributed by atoms with Crippen molar-refractivity contribution in [2.24, 2.45) is 5.92 Å². The molecule has 1 aliphatic carbocycles. The van der Waals surface area contributed by atoms with Gasteiger partial charge in [-0.1, -0.05) is 26.2 Å². The Hall–Kier alpha value is 0.310. The molecule has 3 unspecified atom stereocenters. The van der Waals surface area contributed by atoms with E-state index in [0.717, 1.165) is 17.2 Å². The van der Waals surface area contributed by atoms with Crippen LogP contribution in [-0.2, 0) is 0 Å². The van der Waals surface area contributed by atoms with Crippen LogP contribution in [0, 0.1) is 5.92 Å². The highest BCUT2D eigenvalue weighted by Crippen LogP contribution is 2.27. The highest BCUT2D eigenvalue weighted by Gasteiger charge is 2.20. The third kappa shape index (κ3) is 3.96. The first-order valence-electron chi connectivity index (χ1n) is 7.23. The summed E-state index contributed by atoms with van der Waals surface area (Å²) < 4.78 is 0. The second kappa shape index (κ2) is 6.90. The zero-order chi connectivity index (χ0) is 11.2. The Bertz CT molecular complexity index is 189. The van der Waals surface area contributed by atoms with Gasteiger partial charge in [-0.3, -0.25) is 0 Å². The largest absolute Gasteiger partial charge is 0.313 e. The molecule has 2 fully saturated rings. The number of nitrogens with one attached hydrogen (secondary N) is 1. The standard InChI is InChI=1S/C14H27NS/c1-2-12-5-3-6-13(9-8-12)15-11-14-7-4-10-16-14/h12-15H,2-11H2,1H3. The van der Waals surface area contributed by atoms with Crippen LogP contribution in [-0.4, -0.2) is 23.6 Å². The van der Waals surface area contributed by atoms with Crippen molar-refractivity contribution in [2.45, 2.75) is 69.6 Å². The van der Waals surface area contributed by atoms with Gasteiger partial charge in [0.25, 0.3) is 0 Å². The lowest BCUT2D eigenvalue weighted by Crippen LogP contribution is -2.33. The molecule has 1 saturated carbocycles. The summed E-state index contributed by atoms with van der Waals surface area (Å²) in [5.41, 5.74) is 0. The Morgan fingerprint density at radius 2 is 2.00 bits per heavy atom. The molecule has 0 radical (unpaired) electrons. The average molecular weight is 241 g/mol. The smallest absolute Gasteiger partial charge is 0.0172 e. The van der Waals surface area contributed by atoms with E-state index in [1.165, 1.54) is 63.7 Å². The van der Waals surface area contributed by atoms with Gasteiger partial charge in [-0.25, -0.2) is 0 Å². The maximum absolute atomic E-state index is 3.83. The van der Waals surface area contributed by atoms with Crippen LogP contribution in [0.4, 0.5) is 0 Å². The summed E-state index contributed by atoms with van der Waals surface area (Å²) in [6.07, 6.45) is 11.5. The number of rotatable bonds is 4.